The first-order chi connectivity index (χ1) is 13.5. The van der Waals surface area contributed by atoms with Gasteiger partial charge in [-0.3, -0.25) is 14.2 Å². The maximum atomic E-state index is 13.5. The van der Waals surface area contributed by atoms with Crippen LogP contribution < -0.4 is 0 Å². The van der Waals surface area contributed by atoms with Crippen molar-refractivity contribution < 1.29 is 9.59 Å². The predicted octanol–water partition coefficient (Wildman–Crippen LogP) is 7.00. The molecule has 0 atom stereocenters. The van der Waals surface area contributed by atoms with Gasteiger partial charge in [0.2, 0.25) is 5.91 Å². The van der Waals surface area contributed by atoms with E-state index in [4.69, 9.17) is 0 Å². The van der Waals surface area contributed by atoms with Gasteiger partial charge in [0.25, 0.3) is 0 Å². The van der Waals surface area contributed by atoms with Crippen LogP contribution in [0.5, 0.6) is 0 Å². The lowest BCUT2D eigenvalue weighted by molar-refractivity contribution is 0.0864. The third-order valence-corrected chi connectivity index (χ3v) is 4.82. The number of fused-ring (bicyclic) bond motifs is 1. The lowest BCUT2D eigenvalue weighted by Gasteiger charge is -2.20. The van der Waals surface area contributed by atoms with Crippen LogP contribution in [0.3, 0.4) is 0 Å². The quantitative estimate of drug-likeness (QED) is 0.450. The molecule has 0 aliphatic heterocycles. The smallest absolute Gasteiger partial charge is 0.232 e. The summed E-state index contributed by atoms with van der Waals surface area (Å²) in [7, 11) is 0. The molecule has 0 N–H and O–H groups in total. The Labute approximate surface area is 173 Å². The van der Waals surface area contributed by atoms with Gasteiger partial charge in [-0.1, -0.05) is 90.1 Å². The number of nitrogens with zero attached hydrogens (tertiary/aromatic N) is 1. The molecule has 0 spiro atoms. The molecule has 0 aliphatic carbocycles. The first-order valence-corrected chi connectivity index (χ1v) is 10.2. The van der Waals surface area contributed by atoms with Crippen molar-refractivity contribution in [2.24, 2.45) is 10.8 Å². The number of benzene rings is 2. The molecular weight excluding hydrogens is 358 g/mol. The Morgan fingerprint density at radius 3 is 1.90 bits per heavy atom. The van der Waals surface area contributed by atoms with E-state index in [0.29, 0.717) is 18.4 Å². The highest BCUT2D eigenvalue weighted by atomic mass is 16.2. The van der Waals surface area contributed by atoms with Crippen molar-refractivity contribution in [3.8, 4) is 11.3 Å². The summed E-state index contributed by atoms with van der Waals surface area (Å²) in [5, 5.41) is 0.850. The molecule has 152 valence electrons. The van der Waals surface area contributed by atoms with Crippen LogP contribution in [0.15, 0.2) is 54.6 Å². The van der Waals surface area contributed by atoms with Gasteiger partial charge in [-0.05, 0) is 22.5 Å². The largest absolute Gasteiger partial charge is 0.294 e. The Hall–Kier alpha value is -2.68. The van der Waals surface area contributed by atoms with Gasteiger partial charge in [-0.2, -0.15) is 0 Å². The summed E-state index contributed by atoms with van der Waals surface area (Å²) in [6.07, 6.45) is 0.826. The maximum Gasteiger partial charge on any atom is 0.232 e. The highest BCUT2D eigenvalue weighted by Gasteiger charge is 2.29. The molecule has 0 aliphatic rings. The van der Waals surface area contributed by atoms with Gasteiger partial charge >= 0.3 is 0 Å². The molecule has 1 heterocycles. The molecule has 1 aromatic heterocycles. The van der Waals surface area contributed by atoms with Crippen LogP contribution in [0.1, 0.15) is 69.5 Å². The van der Waals surface area contributed by atoms with Gasteiger partial charge in [0, 0.05) is 18.2 Å². The molecule has 0 radical (unpaired) electrons. The Morgan fingerprint density at radius 1 is 0.759 bits per heavy atom. The molecule has 29 heavy (non-hydrogen) atoms. The number of carbonyl (C=O) groups is 2. The molecule has 0 amide bonds. The van der Waals surface area contributed by atoms with Crippen LogP contribution in [0.25, 0.3) is 22.2 Å². The van der Waals surface area contributed by atoms with E-state index in [-0.39, 0.29) is 22.5 Å². The summed E-state index contributed by atoms with van der Waals surface area (Å²) in [6, 6.07) is 17.6. The minimum Gasteiger partial charge on any atom is -0.294 e. The van der Waals surface area contributed by atoms with Gasteiger partial charge in [-0.25, -0.2) is 0 Å². The lowest BCUT2D eigenvalue weighted by atomic mass is 9.86. The van der Waals surface area contributed by atoms with Gasteiger partial charge in [0.15, 0.2) is 5.78 Å². The monoisotopic (exact) mass is 389 g/mol. The van der Waals surface area contributed by atoms with Gasteiger partial charge < -0.3 is 0 Å². The molecule has 0 saturated carbocycles. The number of ketones is 1. The number of carbonyl (C=O) groups excluding carboxylic acids is 2. The van der Waals surface area contributed by atoms with Crippen LogP contribution in [0.4, 0.5) is 0 Å². The molecule has 3 nitrogen and oxygen atoms in total. The molecule has 3 aromatic rings. The fourth-order valence-corrected chi connectivity index (χ4v) is 3.75. The highest BCUT2D eigenvalue weighted by Crippen LogP contribution is 2.37. The minimum absolute atomic E-state index is 0.0161. The van der Waals surface area contributed by atoms with Crippen molar-refractivity contribution in [2.45, 2.75) is 54.4 Å². The van der Waals surface area contributed by atoms with E-state index in [9.17, 15) is 9.59 Å². The number of para-hydroxylation sites is 1. The number of rotatable bonds is 4. The van der Waals surface area contributed by atoms with Crippen LogP contribution in [0.2, 0.25) is 0 Å². The van der Waals surface area contributed by atoms with Crippen molar-refractivity contribution in [3.05, 3.63) is 60.2 Å². The van der Waals surface area contributed by atoms with Crippen LogP contribution >= 0.6 is 0 Å². The first kappa shape index (κ1) is 21.0. The summed E-state index contributed by atoms with van der Waals surface area (Å²) in [5.74, 6) is 0.0947. The number of aromatic nitrogens is 1. The standard InChI is InChI=1S/C26H31NO2/c1-25(2,3)16-21(28)23-19-14-10-11-15-20(19)27(22(29)17-26(4,5)6)24(23)18-12-8-7-9-13-18/h7-15H,16-17H2,1-6H3. The topological polar surface area (TPSA) is 39.1 Å². The normalized spacial score (nSPS) is 12.3. The second-order valence-corrected chi connectivity index (χ2v) is 10.2. The van der Waals surface area contributed by atoms with Gasteiger partial charge in [-0.15, -0.1) is 0 Å². The van der Waals surface area contributed by atoms with Crippen LogP contribution in [-0.4, -0.2) is 16.3 Å². The summed E-state index contributed by atoms with van der Waals surface area (Å²) in [6.45, 7) is 12.4. The zero-order chi connectivity index (χ0) is 21.4. The summed E-state index contributed by atoms with van der Waals surface area (Å²) in [4.78, 5) is 26.9. The third kappa shape index (κ3) is 4.67. The SMILES string of the molecule is CC(C)(C)CC(=O)c1c(-c2ccccc2)n(C(=O)CC(C)(C)C)c2ccccc12. The molecule has 0 bridgehead atoms. The molecule has 2 aromatic carbocycles. The van der Waals surface area contributed by atoms with E-state index in [2.05, 4.69) is 41.5 Å². The van der Waals surface area contributed by atoms with E-state index >= 15 is 0 Å². The molecule has 0 fully saturated rings. The Bertz CT molecular complexity index is 979. The van der Waals surface area contributed by atoms with Crippen molar-refractivity contribution in [1.82, 2.24) is 4.57 Å². The van der Waals surface area contributed by atoms with E-state index in [1.165, 1.54) is 0 Å². The van der Waals surface area contributed by atoms with Crippen LogP contribution in [0, 0.1) is 10.8 Å². The third-order valence-electron chi connectivity index (χ3n) is 4.82. The Morgan fingerprint density at radius 2 is 1.31 bits per heavy atom. The fourth-order valence-electron chi connectivity index (χ4n) is 3.75. The highest BCUT2D eigenvalue weighted by molar-refractivity contribution is 6.16. The zero-order valence-electron chi connectivity index (χ0n) is 18.4. The summed E-state index contributed by atoms with van der Waals surface area (Å²) in [5.41, 5.74) is 2.79. The molecule has 3 heteroatoms. The van der Waals surface area contributed by atoms with E-state index < -0.39 is 0 Å². The zero-order valence-corrected chi connectivity index (χ0v) is 18.4. The molecule has 0 unspecified atom stereocenters. The fraction of sp³-hybridized carbons (Fsp3) is 0.385. The van der Waals surface area contributed by atoms with E-state index in [1.807, 2.05) is 54.6 Å². The van der Waals surface area contributed by atoms with E-state index in [1.54, 1.807) is 4.57 Å². The predicted molar refractivity (Wildman–Crippen MR) is 120 cm³/mol. The molecule has 3 rings (SSSR count). The second-order valence-electron chi connectivity index (χ2n) is 10.2. The summed E-state index contributed by atoms with van der Waals surface area (Å²) < 4.78 is 1.77. The van der Waals surface area contributed by atoms with Crippen molar-refractivity contribution in [3.63, 3.8) is 0 Å². The Kier molecular flexibility index (Phi) is 5.53. The second kappa shape index (κ2) is 7.62. The maximum absolute atomic E-state index is 13.5. The average molecular weight is 390 g/mol. The van der Waals surface area contributed by atoms with Crippen molar-refractivity contribution in [1.29, 1.82) is 0 Å². The van der Waals surface area contributed by atoms with Crippen LogP contribution in [-0.2, 0) is 0 Å². The summed E-state index contributed by atoms with van der Waals surface area (Å²) >= 11 is 0. The minimum atomic E-state index is -0.147. The first-order valence-electron chi connectivity index (χ1n) is 10.2. The lowest BCUT2D eigenvalue weighted by Crippen LogP contribution is -2.20. The Balaban J connectivity index is 2.34. The number of Topliss-reactive ketones (excluding diaryl/α,β-unsaturated/α-hetero) is 1. The van der Waals surface area contributed by atoms with Gasteiger partial charge in [0.1, 0.15) is 0 Å². The number of hydrogen-bond acceptors (Lipinski definition) is 2. The molecular formula is C26H31NO2. The average Bonchev–Trinajstić information content (AvgIpc) is 2.95. The molecule has 0 saturated heterocycles. The number of hydrogen-bond donors (Lipinski definition) is 0. The van der Waals surface area contributed by atoms with Crippen molar-refractivity contribution >= 4 is 22.6 Å². The van der Waals surface area contributed by atoms with Crippen molar-refractivity contribution in [2.75, 3.05) is 0 Å². The van der Waals surface area contributed by atoms with Gasteiger partial charge in [0.05, 0.1) is 16.8 Å². The van der Waals surface area contributed by atoms with E-state index in [0.717, 1.165) is 22.2 Å².